The minimum Gasteiger partial charge on any atom is -0.466 e. The summed E-state index contributed by atoms with van der Waals surface area (Å²) >= 11 is 1.78. The normalized spacial score (nSPS) is 21.3. The number of aryl methyl sites for hydroxylation is 1. The number of nitrogens with zero attached hydrogens (tertiary/aromatic N) is 4. The SMILES string of the molecule is CCNC(=NCC1CCN(Cc2csc(CC)n2)CC1)N1CCCC(C(=O)OCC)C1. The number of carbonyl (C=O) groups excluding carboxylic acids is 1. The molecule has 0 bridgehead atoms. The van der Waals surface area contributed by atoms with Crippen LogP contribution in [0.15, 0.2) is 10.4 Å². The maximum absolute atomic E-state index is 12.2. The van der Waals surface area contributed by atoms with Crippen molar-refractivity contribution in [3.8, 4) is 0 Å². The van der Waals surface area contributed by atoms with E-state index in [-0.39, 0.29) is 11.9 Å². The summed E-state index contributed by atoms with van der Waals surface area (Å²) in [5.41, 5.74) is 1.22. The van der Waals surface area contributed by atoms with Crippen molar-refractivity contribution in [1.82, 2.24) is 20.1 Å². The number of rotatable bonds is 8. The molecule has 0 spiro atoms. The van der Waals surface area contributed by atoms with Gasteiger partial charge in [0.25, 0.3) is 0 Å². The second kappa shape index (κ2) is 12.4. The van der Waals surface area contributed by atoms with Crippen LogP contribution < -0.4 is 5.32 Å². The van der Waals surface area contributed by atoms with Gasteiger partial charge in [-0.3, -0.25) is 14.7 Å². The number of thiazole rings is 1. The number of nitrogens with one attached hydrogen (secondary N) is 1. The average Bonchev–Trinajstić information content (AvgIpc) is 3.25. The largest absolute Gasteiger partial charge is 0.466 e. The van der Waals surface area contributed by atoms with Gasteiger partial charge in [0.05, 0.1) is 23.2 Å². The topological polar surface area (TPSA) is 70.1 Å². The fraction of sp³-hybridized carbons (Fsp3) is 0.783. The van der Waals surface area contributed by atoms with Gasteiger partial charge in [-0.1, -0.05) is 6.92 Å². The first-order valence-corrected chi connectivity index (χ1v) is 12.9. The number of likely N-dealkylation sites (tertiary alicyclic amines) is 2. The monoisotopic (exact) mass is 449 g/mol. The molecule has 1 aromatic rings. The van der Waals surface area contributed by atoms with Crippen LogP contribution in [-0.2, 0) is 22.5 Å². The molecule has 7 nitrogen and oxygen atoms in total. The summed E-state index contributed by atoms with van der Waals surface area (Å²) in [6.45, 7) is 13.1. The van der Waals surface area contributed by atoms with Crippen molar-refractivity contribution in [3.63, 3.8) is 0 Å². The van der Waals surface area contributed by atoms with Gasteiger partial charge in [0, 0.05) is 38.1 Å². The number of esters is 1. The quantitative estimate of drug-likeness (QED) is 0.373. The summed E-state index contributed by atoms with van der Waals surface area (Å²) in [5.74, 6) is 1.46. The zero-order valence-electron chi connectivity index (χ0n) is 19.4. The van der Waals surface area contributed by atoms with Crippen LogP contribution >= 0.6 is 11.3 Å². The van der Waals surface area contributed by atoms with Crippen LogP contribution in [0.4, 0.5) is 0 Å². The molecule has 1 aromatic heterocycles. The molecule has 3 rings (SSSR count). The van der Waals surface area contributed by atoms with Crippen molar-refractivity contribution in [2.45, 2.75) is 59.4 Å². The predicted molar refractivity (Wildman–Crippen MR) is 126 cm³/mol. The number of ether oxygens (including phenoxy) is 1. The molecule has 0 saturated carbocycles. The van der Waals surface area contributed by atoms with Gasteiger partial charge in [-0.2, -0.15) is 0 Å². The minimum atomic E-state index is -0.0680. The van der Waals surface area contributed by atoms with E-state index in [9.17, 15) is 4.79 Å². The Balaban J connectivity index is 1.48. The average molecular weight is 450 g/mol. The Kier molecular flexibility index (Phi) is 9.58. The van der Waals surface area contributed by atoms with Gasteiger partial charge >= 0.3 is 5.97 Å². The Morgan fingerprint density at radius 3 is 2.74 bits per heavy atom. The third kappa shape index (κ3) is 7.17. The molecule has 1 atom stereocenters. The molecule has 0 amide bonds. The lowest BCUT2D eigenvalue weighted by Crippen LogP contribution is -2.48. The molecule has 174 valence electrons. The van der Waals surface area contributed by atoms with E-state index in [1.54, 1.807) is 11.3 Å². The number of carbonyl (C=O) groups is 1. The zero-order valence-corrected chi connectivity index (χ0v) is 20.3. The molecule has 0 aromatic carbocycles. The second-order valence-electron chi connectivity index (χ2n) is 8.54. The lowest BCUT2D eigenvalue weighted by molar-refractivity contribution is -0.149. The first kappa shape index (κ1) is 24.0. The van der Waals surface area contributed by atoms with E-state index in [4.69, 9.17) is 14.7 Å². The summed E-state index contributed by atoms with van der Waals surface area (Å²) in [7, 11) is 0. The number of aliphatic imine (C=N–C) groups is 1. The van der Waals surface area contributed by atoms with Gasteiger partial charge in [0.1, 0.15) is 0 Å². The number of guanidine groups is 1. The van der Waals surface area contributed by atoms with Crippen molar-refractivity contribution < 1.29 is 9.53 Å². The smallest absolute Gasteiger partial charge is 0.310 e. The Labute approximate surface area is 191 Å². The number of piperidine rings is 2. The van der Waals surface area contributed by atoms with E-state index in [1.165, 1.54) is 23.5 Å². The van der Waals surface area contributed by atoms with Gasteiger partial charge in [-0.15, -0.1) is 11.3 Å². The molecule has 3 heterocycles. The minimum absolute atomic E-state index is 0.0419. The van der Waals surface area contributed by atoms with Crippen LogP contribution in [0.3, 0.4) is 0 Å². The Bertz CT molecular complexity index is 715. The molecule has 1 N–H and O–H groups in total. The summed E-state index contributed by atoms with van der Waals surface area (Å²) in [6, 6.07) is 0. The van der Waals surface area contributed by atoms with Crippen LogP contribution in [0.2, 0.25) is 0 Å². The zero-order chi connectivity index (χ0) is 22.1. The van der Waals surface area contributed by atoms with E-state index in [1.807, 2.05) is 6.92 Å². The molecule has 0 radical (unpaired) electrons. The number of hydrogen-bond donors (Lipinski definition) is 1. The summed E-state index contributed by atoms with van der Waals surface area (Å²) in [6.07, 6.45) is 5.29. The first-order valence-electron chi connectivity index (χ1n) is 12.0. The van der Waals surface area contributed by atoms with E-state index in [0.29, 0.717) is 19.1 Å². The summed E-state index contributed by atoms with van der Waals surface area (Å²) < 4.78 is 5.25. The third-order valence-electron chi connectivity index (χ3n) is 6.17. The van der Waals surface area contributed by atoms with Gasteiger partial charge in [0.2, 0.25) is 0 Å². The highest BCUT2D eigenvalue weighted by molar-refractivity contribution is 7.09. The maximum Gasteiger partial charge on any atom is 0.310 e. The molecule has 2 saturated heterocycles. The maximum atomic E-state index is 12.2. The fourth-order valence-corrected chi connectivity index (χ4v) is 5.14. The van der Waals surface area contributed by atoms with Crippen LogP contribution in [0.1, 0.15) is 57.2 Å². The number of hydrogen-bond acceptors (Lipinski definition) is 6. The van der Waals surface area contributed by atoms with Crippen molar-refractivity contribution in [2.24, 2.45) is 16.8 Å². The second-order valence-corrected chi connectivity index (χ2v) is 9.48. The highest BCUT2D eigenvalue weighted by Gasteiger charge is 2.28. The van der Waals surface area contributed by atoms with Crippen molar-refractivity contribution in [1.29, 1.82) is 0 Å². The van der Waals surface area contributed by atoms with E-state index in [2.05, 4.69) is 34.3 Å². The van der Waals surface area contributed by atoms with Gasteiger partial charge in [-0.05, 0) is 65.0 Å². The van der Waals surface area contributed by atoms with E-state index in [0.717, 1.165) is 64.5 Å². The molecule has 1 unspecified atom stereocenters. The molecular weight excluding hydrogens is 410 g/mol. The lowest BCUT2D eigenvalue weighted by Gasteiger charge is -2.34. The van der Waals surface area contributed by atoms with Crippen LogP contribution in [0.5, 0.6) is 0 Å². The van der Waals surface area contributed by atoms with Crippen molar-refractivity contribution in [3.05, 3.63) is 16.1 Å². The third-order valence-corrected chi connectivity index (χ3v) is 7.21. The van der Waals surface area contributed by atoms with E-state index < -0.39 is 0 Å². The molecule has 31 heavy (non-hydrogen) atoms. The van der Waals surface area contributed by atoms with Gasteiger partial charge in [0.15, 0.2) is 5.96 Å². The molecule has 8 heteroatoms. The van der Waals surface area contributed by atoms with Gasteiger partial charge < -0.3 is 15.0 Å². The summed E-state index contributed by atoms with van der Waals surface area (Å²) in [4.78, 5) is 26.6. The number of aromatic nitrogens is 1. The van der Waals surface area contributed by atoms with Crippen LogP contribution in [-0.4, -0.2) is 72.6 Å². The molecule has 2 fully saturated rings. The molecule has 2 aliphatic heterocycles. The molecule has 0 aliphatic carbocycles. The molecular formula is C23H39N5O2S. The Hall–Kier alpha value is -1.67. The van der Waals surface area contributed by atoms with Crippen molar-refractivity contribution >= 4 is 23.3 Å². The van der Waals surface area contributed by atoms with Crippen LogP contribution in [0.25, 0.3) is 0 Å². The summed E-state index contributed by atoms with van der Waals surface area (Å²) in [5, 5.41) is 6.88. The van der Waals surface area contributed by atoms with E-state index >= 15 is 0 Å². The standard InChI is InChI=1S/C23H39N5O2S/c1-4-21-26-20(17-31-21)16-27-12-9-18(10-13-27)14-25-23(24-5-2)28-11-7-8-19(15-28)22(29)30-6-3/h17-19H,4-16H2,1-3H3,(H,24,25). The molecule has 2 aliphatic rings. The van der Waals surface area contributed by atoms with Crippen molar-refractivity contribution in [2.75, 3.05) is 45.9 Å². The first-order chi connectivity index (χ1) is 15.1. The fourth-order valence-electron chi connectivity index (χ4n) is 4.40. The Morgan fingerprint density at radius 1 is 1.26 bits per heavy atom. The van der Waals surface area contributed by atoms with Crippen LogP contribution in [0, 0.1) is 11.8 Å². The van der Waals surface area contributed by atoms with Gasteiger partial charge in [-0.25, -0.2) is 4.98 Å². The Morgan fingerprint density at radius 2 is 2.06 bits per heavy atom. The highest BCUT2D eigenvalue weighted by atomic mass is 32.1. The lowest BCUT2D eigenvalue weighted by atomic mass is 9.97. The highest BCUT2D eigenvalue weighted by Crippen LogP contribution is 2.22. The predicted octanol–water partition coefficient (Wildman–Crippen LogP) is 3.16.